The average molecular weight is 318 g/mol. The third-order valence-electron chi connectivity index (χ3n) is 2.92. The predicted octanol–water partition coefficient (Wildman–Crippen LogP) is 3.82. The van der Waals surface area contributed by atoms with E-state index in [2.05, 4.69) is 28.2 Å². The van der Waals surface area contributed by atoms with Crippen molar-refractivity contribution in [3.63, 3.8) is 0 Å². The van der Waals surface area contributed by atoms with E-state index < -0.39 is 0 Å². The number of nitrogens with zero attached hydrogens (tertiary/aromatic N) is 1. The highest BCUT2D eigenvalue weighted by Crippen LogP contribution is 2.22. The molecule has 0 spiro atoms. The first-order valence-electron chi connectivity index (χ1n) is 6.57. The highest BCUT2D eigenvalue weighted by atomic mass is 32.1. The van der Waals surface area contributed by atoms with E-state index in [1.807, 2.05) is 30.3 Å². The molecule has 5 heteroatoms. The summed E-state index contributed by atoms with van der Waals surface area (Å²) in [4.78, 5) is 3.33. The number of hydrogen-bond donors (Lipinski definition) is 1. The van der Waals surface area contributed by atoms with Crippen LogP contribution in [0.4, 0.5) is 5.69 Å². The zero-order valence-corrected chi connectivity index (χ0v) is 13.5. The molecule has 0 bridgehead atoms. The molecule has 0 radical (unpaired) electrons. The van der Waals surface area contributed by atoms with Gasteiger partial charge in [-0.2, -0.15) is 0 Å². The maximum absolute atomic E-state index is 5.50. The molecule has 21 heavy (non-hydrogen) atoms. The lowest BCUT2D eigenvalue weighted by Crippen LogP contribution is -2.39. The minimum atomic E-state index is 0.649. The van der Waals surface area contributed by atoms with Gasteiger partial charge in [-0.25, -0.2) is 0 Å². The van der Waals surface area contributed by atoms with Crippen LogP contribution >= 0.6 is 23.6 Å². The SMILES string of the molecule is C=CCNC(=S)N(Cc1cccs1)c1ccc(OC)cc1. The lowest BCUT2D eigenvalue weighted by atomic mass is 10.2. The van der Waals surface area contributed by atoms with E-state index in [0.29, 0.717) is 11.7 Å². The minimum Gasteiger partial charge on any atom is -0.497 e. The first-order chi connectivity index (χ1) is 10.2. The summed E-state index contributed by atoms with van der Waals surface area (Å²) in [5.41, 5.74) is 1.03. The molecule has 1 N–H and O–H groups in total. The molecule has 2 aromatic rings. The van der Waals surface area contributed by atoms with Gasteiger partial charge in [0.15, 0.2) is 5.11 Å². The number of nitrogens with one attached hydrogen (secondary N) is 1. The van der Waals surface area contributed by atoms with E-state index in [0.717, 1.165) is 18.0 Å². The van der Waals surface area contributed by atoms with Crippen molar-refractivity contribution in [1.82, 2.24) is 5.32 Å². The zero-order valence-electron chi connectivity index (χ0n) is 11.9. The molecule has 2 rings (SSSR count). The van der Waals surface area contributed by atoms with Gasteiger partial charge in [0.2, 0.25) is 0 Å². The average Bonchev–Trinajstić information content (AvgIpc) is 3.03. The Morgan fingerprint density at radius 3 is 2.71 bits per heavy atom. The summed E-state index contributed by atoms with van der Waals surface area (Å²) >= 11 is 7.22. The van der Waals surface area contributed by atoms with Crippen molar-refractivity contribution in [2.24, 2.45) is 0 Å². The fraction of sp³-hybridized carbons (Fsp3) is 0.188. The first kappa shape index (κ1) is 15.5. The molecular weight excluding hydrogens is 300 g/mol. The van der Waals surface area contributed by atoms with Crippen LogP contribution in [-0.4, -0.2) is 18.8 Å². The fourth-order valence-corrected chi connectivity index (χ4v) is 2.80. The maximum Gasteiger partial charge on any atom is 0.174 e. The molecule has 0 fully saturated rings. The van der Waals surface area contributed by atoms with E-state index in [1.165, 1.54) is 4.88 Å². The number of methoxy groups -OCH3 is 1. The normalized spacial score (nSPS) is 9.95. The van der Waals surface area contributed by atoms with Crippen molar-refractivity contribution >= 4 is 34.4 Å². The molecule has 0 amide bonds. The van der Waals surface area contributed by atoms with Crippen molar-refractivity contribution in [2.75, 3.05) is 18.6 Å². The second kappa shape index (κ2) is 7.81. The summed E-state index contributed by atoms with van der Waals surface area (Å²) in [5, 5.41) is 5.94. The van der Waals surface area contributed by atoms with E-state index in [9.17, 15) is 0 Å². The summed E-state index contributed by atoms with van der Waals surface area (Å²) in [6, 6.07) is 12.0. The number of hydrogen-bond acceptors (Lipinski definition) is 3. The van der Waals surface area contributed by atoms with Crippen LogP contribution in [0, 0.1) is 0 Å². The molecule has 0 aliphatic heterocycles. The van der Waals surface area contributed by atoms with E-state index in [4.69, 9.17) is 17.0 Å². The molecular formula is C16H18N2OS2. The third kappa shape index (κ3) is 4.31. The first-order valence-corrected chi connectivity index (χ1v) is 7.86. The Morgan fingerprint density at radius 2 is 2.14 bits per heavy atom. The van der Waals surface area contributed by atoms with Crippen LogP contribution < -0.4 is 15.0 Å². The van der Waals surface area contributed by atoms with Gasteiger partial charge in [0.1, 0.15) is 5.75 Å². The Balaban J connectivity index is 2.20. The topological polar surface area (TPSA) is 24.5 Å². The molecule has 0 saturated heterocycles. The molecule has 1 aromatic heterocycles. The molecule has 0 saturated carbocycles. The second-order valence-electron chi connectivity index (χ2n) is 4.34. The van der Waals surface area contributed by atoms with Gasteiger partial charge >= 0.3 is 0 Å². The van der Waals surface area contributed by atoms with Crippen molar-refractivity contribution < 1.29 is 4.74 Å². The van der Waals surface area contributed by atoms with E-state index in [-0.39, 0.29) is 0 Å². The van der Waals surface area contributed by atoms with E-state index >= 15 is 0 Å². The summed E-state index contributed by atoms with van der Waals surface area (Å²) in [6.45, 7) is 5.10. The van der Waals surface area contributed by atoms with Crippen molar-refractivity contribution in [1.29, 1.82) is 0 Å². The standard InChI is InChI=1S/C16H18N2OS2/c1-3-10-17-16(20)18(12-15-5-4-11-21-15)13-6-8-14(19-2)9-7-13/h3-9,11H,1,10,12H2,2H3,(H,17,20). The fourth-order valence-electron chi connectivity index (χ4n) is 1.86. The largest absolute Gasteiger partial charge is 0.497 e. The summed E-state index contributed by atoms with van der Waals surface area (Å²) in [6.07, 6.45) is 1.80. The number of benzene rings is 1. The van der Waals surface area contributed by atoms with Gasteiger partial charge < -0.3 is 15.0 Å². The molecule has 110 valence electrons. The van der Waals surface area contributed by atoms with Gasteiger partial charge in [-0.3, -0.25) is 0 Å². The third-order valence-corrected chi connectivity index (χ3v) is 4.15. The van der Waals surface area contributed by atoms with Crippen molar-refractivity contribution in [3.05, 3.63) is 59.3 Å². The molecule has 0 atom stereocenters. The lowest BCUT2D eigenvalue weighted by Gasteiger charge is -2.25. The molecule has 1 aromatic carbocycles. The smallest absolute Gasteiger partial charge is 0.174 e. The van der Waals surface area contributed by atoms with Gasteiger partial charge in [0.05, 0.1) is 13.7 Å². The predicted molar refractivity (Wildman–Crippen MR) is 94.3 cm³/mol. The van der Waals surface area contributed by atoms with Crippen molar-refractivity contribution in [2.45, 2.75) is 6.54 Å². The van der Waals surface area contributed by atoms with Crippen LogP contribution in [0.1, 0.15) is 4.88 Å². The zero-order chi connectivity index (χ0) is 15.1. The number of thiocarbonyl (C=S) groups is 1. The van der Waals surface area contributed by atoms with Crippen LogP contribution in [-0.2, 0) is 6.54 Å². The number of rotatable bonds is 6. The summed E-state index contributed by atoms with van der Waals surface area (Å²) in [5.74, 6) is 0.833. The molecule has 3 nitrogen and oxygen atoms in total. The Labute approximate surface area is 134 Å². The Bertz CT molecular complexity index is 579. The lowest BCUT2D eigenvalue weighted by molar-refractivity contribution is 0.415. The minimum absolute atomic E-state index is 0.649. The van der Waals surface area contributed by atoms with Crippen LogP contribution in [0.15, 0.2) is 54.4 Å². The second-order valence-corrected chi connectivity index (χ2v) is 5.76. The number of thiophene rings is 1. The Morgan fingerprint density at radius 1 is 1.38 bits per heavy atom. The quantitative estimate of drug-likeness (QED) is 0.646. The Kier molecular flexibility index (Phi) is 5.78. The summed E-state index contributed by atoms with van der Waals surface area (Å²) < 4.78 is 5.20. The van der Waals surface area contributed by atoms with E-state index in [1.54, 1.807) is 24.5 Å². The summed E-state index contributed by atoms with van der Waals surface area (Å²) in [7, 11) is 1.66. The molecule has 0 unspecified atom stereocenters. The maximum atomic E-state index is 5.50. The van der Waals surface area contributed by atoms with Crippen LogP contribution in [0.5, 0.6) is 5.75 Å². The van der Waals surface area contributed by atoms with Crippen LogP contribution in [0.2, 0.25) is 0 Å². The van der Waals surface area contributed by atoms with Gasteiger partial charge in [-0.1, -0.05) is 12.1 Å². The highest BCUT2D eigenvalue weighted by molar-refractivity contribution is 7.80. The van der Waals surface area contributed by atoms with Gasteiger partial charge in [-0.05, 0) is 47.9 Å². The van der Waals surface area contributed by atoms with Crippen molar-refractivity contribution in [3.8, 4) is 5.75 Å². The van der Waals surface area contributed by atoms with Crippen LogP contribution in [0.3, 0.4) is 0 Å². The van der Waals surface area contributed by atoms with Gasteiger partial charge in [0, 0.05) is 17.1 Å². The monoisotopic (exact) mass is 318 g/mol. The molecule has 1 heterocycles. The van der Waals surface area contributed by atoms with Gasteiger partial charge in [0.25, 0.3) is 0 Å². The van der Waals surface area contributed by atoms with Gasteiger partial charge in [-0.15, -0.1) is 17.9 Å². The Hall–Kier alpha value is -1.85. The van der Waals surface area contributed by atoms with Crippen LogP contribution in [0.25, 0.3) is 0 Å². The highest BCUT2D eigenvalue weighted by Gasteiger charge is 2.13. The number of anilines is 1. The molecule has 0 aliphatic carbocycles. The number of ether oxygens (including phenoxy) is 1. The molecule has 0 aliphatic rings.